The number of carbonyl (C=O) groups is 3. The van der Waals surface area contributed by atoms with Crippen LogP contribution in [0.3, 0.4) is 0 Å². The maximum absolute atomic E-state index is 13.5. The first-order valence-corrected chi connectivity index (χ1v) is 13.5. The molecule has 12 unspecified atom stereocenters. The molecule has 0 aromatic carbocycles. The van der Waals surface area contributed by atoms with Crippen molar-refractivity contribution in [2.24, 2.45) is 29.6 Å². The maximum atomic E-state index is 13.5. The van der Waals surface area contributed by atoms with E-state index >= 15 is 0 Å². The molecular weight excluding hydrogens is 478 g/mol. The summed E-state index contributed by atoms with van der Waals surface area (Å²) in [5.74, 6) is -3.53. The lowest BCUT2D eigenvalue weighted by atomic mass is 9.80. The average Bonchev–Trinajstić information content (AvgIpc) is 2.84. The van der Waals surface area contributed by atoms with Gasteiger partial charge in [0.15, 0.2) is 17.9 Å². The fourth-order valence-corrected chi connectivity index (χ4v) is 5.47. The maximum Gasteiger partial charge on any atom is 0.316 e. The van der Waals surface area contributed by atoms with Crippen LogP contribution < -0.4 is 0 Å². The highest BCUT2D eigenvalue weighted by molar-refractivity contribution is 6.00. The minimum atomic E-state index is -1.18. The lowest BCUT2D eigenvalue weighted by molar-refractivity contribution is -0.300. The number of Topliss-reactive ketones (excluding diaryl/α,β-unsaturated/α-hetero) is 1. The summed E-state index contributed by atoms with van der Waals surface area (Å²) < 4.78 is 17.8. The molecule has 2 aliphatic heterocycles. The van der Waals surface area contributed by atoms with E-state index in [2.05, 4.69) is 0 Å². The molecule has 0 saturated carbocycles. The van der Waals surface area contributed by atoms with E-state index in [0.29, 0.717) is 12.8 Å². The van der Waals surface area contributed by atoms with Gasteiger partial charge in [-0.3, -0.25) is 14.4 Å². The Kier molecular flexibility index (Phi) is 11.5. The number of ketones is 2. The van der Waals surface area contributed by atoms with E-state index in [4.69, 9.17) is 14.2 Å². The Morgan fingerprint density at radius 1 is 1.03 bits per heavy atom. The average molecular weight is 526 g/mol. The van der Waals surface area contributed by atoms with Gasteiger partial charge >= 0.3 is 5.97 Å². The molecule has 1 saturated heterocycles. The molecule has 1 fully saturated rings. The third kappa shape index (κ3) is 7.47. The second kappa shape index (κ2) is 13.4. The Balaban J connectivity index is 2.42. The largest absolute Gasteiger partial charge is 0.461 e. The van der Waals surface area contributed by atoms with Gasteiger partial charge in [0.2, 0.25) is 0 Å². The van der Waals surface area contributed by atoms with Gasteiger partial charge in [-0.05, 0) is 52.8 Å². The van der Waals surface area contributed by atoms with Gasteiger partial charge in [-0.15, -0.1) is 0 Å². The Morgan fingerprint density at radius 3 is 2.22 bits per heavy atom. The van der Waals surface area contributed by atoms with Crippen LogP contribution >= 0.6 is 0 Å². The molecule has 0 bridgehead atoms. The van der Waals surface area contributed by atoms with E-state index < -0.39 is 60.7 Å². The molecule has 0 spiro atoms. The van der Waals surface area contributed by atoms with Gasteiger partial charge in [0.05, 0.1) is 24.4 Å². The van der Waals surface area contributed by atoms with Crippen molar-refractivity contribution in [3.05, 3.63) is 12.2 Å². The van der Waals surface area contributed by atoms with Crippen LogP contribution in [0.5, 0.6) is 0 Å². The zero-order chi connectivity index (χ0) is 28.2. The Morgan fingerprint density at radius 2 is 1.65 bits per heavy atom. The van der Waals surface area contributed by atoms with Crippen molar-refractivity contribution in [2.75, 3.05) is 14.1 Å². The number of rotatable bonds is 4. The van der Waals surface area contributed by atoms with E-state index in [1.54, 1.807) is 51.9 Å². The molecule has 0 aromatic heterocycles. The van der Waals surface area contributed by atoms with Crippen LogP contribution in [0, 0.1) is 29.6 Å². The second-order valence-electron chi connectivity index (χ2n) is 11.3. The van der Waals surface area contributed by atoms with Gasteiger partial charge < -0.3 is 29.3 Å². The minimum Gasteiger partial charge on any atom is -0.461 e. The third-order valence-corrected chi connectivity index (χ3v) is 8.01. The zero-order valence-electron chi connectivity index (χ0n) is 23.8. The normalized spacial score (nSPS) is 43.8. The van der Waals surface area contributed by atoms with Crippen molar-refractivity contribution in [2.45, 2.75) is 104 Å². The predicted octanol–water partition coefficient (Wildman–Crippen LogP) is 2.37. The molecule has 2 N–H and O–H groups in total. The summed E-state index contributed by atoms with van der Waals surface area (Å²) in [6, 6.07) is -0.638. The fraction of sp³-hybridized carbons (Fsp3) is 0.821. The van der Waals surface area contributed by atoms with Crippen molar-refractivity contribution in [3.63, 3.8) is 0 Å². The van der Waals surface area contributed by atoms with Crippen molar-refractivity contribution in [1.29, 1.82) is 0 Å². The molecule has 0 radical (unpaired) electrons. The summed E-state index contributed by atoms with van der Waals surface area (Å²) >= 11 is 0. The van der Waals surface area contributed by atoms with Crippen molar-refractivity contribution >= 4 is 17.5 Å². The van der Waals surface area contributed by atoms with E-state index in [0.717, 1.165) is 0 Å². The van der Waals surface area contributed by atoms with Crippen LogP contribution in [0.1, 0.15) is 61.3 Å². The van der Waals surface area contributed by atoms with Gasteiger partial charge in [0.25, 0.3) is 0 Å². The first-order chi connectivity index (χ1) is 17.2. The molecule has 37 heavy (non-hydrogen) atoms. The third-order valence-electron chi connectivity index (χ3n) is 8.01. The molecule has 0 aromatic rings. The summed E-state index contributed by atoms with van der Waals surface area (Å²) in [5, 5.41) is 21.6. The molecular formula is C28H47NO8. The van der Waals surface area contributed by atoms with Gasteiger partial charge in [-0.25, -0.2) is 0 Å². The lowest BCUT2D eigenvalue weighted by Gasteiger charge is -2.46. The number of likely N-dealkylation sites (N-methyl/N-ethyl adjacent to an activating group) is 1. The number of carbonyl (C=O) groups excluding carboxylic acids is 3. The van der Waals surface area contributed by atoms with Crippen LogP contribution in [-0.2, 0) is 28.6 Å². The second-order valence-corrected chi connectivity index (χ2v) is 11.3. The molecule has 12 atom stereocenters. The monoisotopic (exact) mass is 525 g/mol. The van der Waals surface area contributed by atoms with E-state index in [-0.39, 0.29) is 29.3 Å². The molecule has 0 aliphatic carbocycles. The fourth-order valence-electron chi connectivity index (χ4n) is 5.47. The molecule has 2 heterocycles. The quantitative estimate of drug-likeness (QED) is 0.421. The van der Waals surface area contributed by atoms with E-state index in [9.17, 15) is 24.6 Å². The smallest absolute Gasteiger partial charge is 0.316 e. The number of hydrogen-bond acceptors (Lipinski definition) is 9. The molecule has 9 heteroatoms. The van der Waals surface area contributed by atoms with Crippen molar-refractivity contribution in [1.82, 2.24) is 4.90 Å². The number of esters is 1. The SMILES string of the molecule is CCC1OC(=O)C(C)C(=O)C(C)C(OC2OC(C)C(O)C(N(C)C)C2O)C(C)CC(C)C(=O)/C=C/C1C. The van der Waals surface area contributed by atoms with Crippen molar-refractivity contribution < 1.29 is 38.8 Å². The molecule has 0 amide bonds. The van der Waals surface area contributed by atoms with Crippen LogP contribution in [0.4, 0.5) is 0 Å². The van der Waals surface area contributed by atoms with Gasteiger partial charge in [-0.2, -0.15) is 0 Å². The van der Waals surface area contributed by atoms with Crippen LogP contribution in [0.25, 0.3) is 0 Å². The number of nitrogens with zero attached hydrogens (tertiary/aromatic N) is 1. The predicted molar refractivity (Wildman–Crippen MR) is 138 cm³/mol. The number of allylic oxidation sites excluding steroid dienone is 1. The molecule has 2 rings (SSSR count). The highest BCUT2D eigenvalue weighted by atomic mass is 16.7. The van der Waals surface area contributed by atoms with E-state index in [1.807, 2.05) is 27.7 Å². The van der Waals surface area contributed by atoms with Crippen LogP contribution in [-0.4, -0.2) is 89.6 Å². The van der Waals surface area contributed by atoms with Crippen LogP contribution in [0.15, 0.2) is 12.2 Å². The lowest BCUT2D eigenvalue weighted by Crippen LogP contribution is -2.63. The summed E-state index contributed by atoms with van der Waals surface area (Å²) in [7, 11) is 3.50. The topological polar surface area (TPSA) is 123 Å². The zero-order valence-corrected chi connectivity index (χ0v) is 23.8. The Labute approximate surface area is 221 Å². The summed E-state index contributed by atoms with van der Waals surface area (Å²) in [5.41, 5.74) is 0. The summed E-state index contributed by atoms with van der Waals surface area (Å²) in [6.07, 6.45) is -0.736. The number of cyclic esters (lactones) is 1. The van der Waals surface area contributed by atoms with Gasteiger partial charge in [0.1, 0.15) is 18.1 Å². The highest BCUT2D eigenvalue weighted by Gasteiger charge is 2.47. The number of aliphatic hydroxyl groups excluding tert-OH is 2. The Hall–Kier alpha value is -1.65. The first kappa shape index (κ1) is 31.6. The van der Waals surface area contributed by atoms with Crippen molar-refractivity contribution in [3.8, 4) is 0 Å². The van der Waals surface area contributed by atoms with E-state index in [1.165, 1.54) is 0 Å². The highest BCUT2D eigenvalue weighted by Crippen LogP contribution is 2.32. The first-order valence-electron chi connectivity index (χ1n) is 13.5. The van der Waals surface area contributed by atoms with Gasteiger partial charge in [-0.1, -0.05) is 40.7 Å². The number of hydrogen-bond donors (Lipinski definition) is 2. The molecule has 9 nitrogen and oxygen atoms in total. The molecule has 212 valence electrons. The number of aliphatic hydroxyl groups is 2. The molecule has 2 aliphatic rings. The Bertz CT molecular complexity index is 829. The minimum absolute atomic E-state index is 0.0543. The van der Waals surface area contributed by atoms with Gasteiger partial charge in [0, 0.05) is 17.8 Å². The summed E-state index contributed by atoms with van der Waals surface area (Å²) in [4.78, 5) is 41.0. The number of ether oxygens (including phenoxy) is 3. The van der Waals surface area contributed by atoms with Crippen LogP contribution in [0.2, 0.25) is 0 Å². The standard InChI is InChI=1S/C28H47NO8/c1-10-21-14(2)11-12-20(30)15(3)13-16(4)26(17(5)23(31)18(6)27(34)36-21)37-28-25(33)22(29(8)9)24(32)19(7)35-28/h11-12,14-19,21-22,24-26,28,32-33H,10,13H2,1-9H3/b12-11+. The summed E-state index contributed by atoms with van der Waals surface area (Å²) in [6.45, 7) is 12.5.